The summed E-state index contributed by atoms with van der Waals surface area (Å²) >= 11 is 0. The van der Waals surface area contributed by atoms with Gasteiger partial charge in [-0.05, 0) is 47.9 Å². The average molecular weight is 456 g/mol. The van der Waals surface area contributed by atoms with Gasteiger partial charge in [0.25, 0.3) is 0 Å². The van der Waals surface area contributed by atoms with E-state index in [0.29, 0.717) is 33.6 Å². The molecule has 0 saturated heterocycles. The fourth-order valence-electron chi connectivity index (χ4n) is 3.57. The molecule has 0 aliphatic carbocycles. The SMILES string of the molecule is CCc1ccc2oc(-c3ccccc3)c(OC(=O)C=Cc3ccc(OC)c(OC)c3)c(=O)c2c1. The first-order chi connectivity index (χ1) is 16.5. The van der Waals surface area contributed by atoms with E-state index in [1.165, 1.54) is 13.2 Å². The molecule has 0 saturated carbocycles. The maximum Gasteiger partial charge on any atom is 0.336 e. The molecule has 0 radical (unpaired) electrons. The third kappa shape index (κ3) is 4.71. The molecular formula is C28H24O6. The molecule has 6 heteroatoms. The summed E-state index contributed by atoms with van der Waals surface area (Å²) in [5, 5.41) is 0.366. The summed E-state index contributed by atoms with van der Waals surface area (Å²) in [6.45, 7) is 2.00. The molecule has 0 amide bonds. The van der Waals surface area contributed by atoms with Gasteiger partial charge in [-0.1, -0.05) is 49.4 Å². The summed E-state index contributed by atoms with van der Waals surface area (Å²) in [7, 11) is 3.08. The summed E-state index contributed by atoms with van der Waals surface area (Å²) in [4.78, 5) is 26.1. The van der Waals surface area contributed by atoms with E-state index in [1.807, 2.05) is 31.2 Å². The van der Waals surface area contributed by atoms with E-state index in [-0.39, 0.29) is 11.5 Å². The molecule has 0 bridgehead atoms. The zero-order valence-electron chi connectivity index (χ0n) is 19.2. The van der Waals surface area contributed by atoms with Crippen LogP contribution in [0.5, 0.6) is 17.2 Å². The van der Waals surface area contributed by atoms with Gasteiger partial charge in [-0.25, -0.2) is 4.79 Å². The Morgan fingerprint density at radius 2 is 1.71 bits per heavy atom. The minimum atomic E-state index is -0.703. The number of carbonyl (C=O) groups excluding carboxylic acids is 1. The number of benzene rings is 3. The number of carbonyl (C=O) groups is 1. The fourth-order valence-corrected chi connectivity index (χ4v) is 3.57. The van der Waals surface area contributed by atoms with Crippen LogP contribution in [0.15, 0.2) is 82.0 Å². The van der Waals surface area contributed by atoms with E-state index in [2.05, 4.69) is 0 Å². The van der Waals surface area contributed by atoms with Crippen LogP contribution in [-0.2, 0) is 11.2 Å². The van der Waals surface area contributed by atoms with Crippen molar-refractivity contribution < 1.29 is 23.4 Å². The maximum atomic E-state index is 13.4. The van der Waals surface area contributed by atoms with Gasteiger partial charge in [0.15, 0.2) is 17.3 Å². The van der Waals surface area contributed by atoms with Crippen LogP contribution in [0, 0.1) is 0 Å². The highest BCUT2D eigenvalue weighted by Gasteiger charge is 2.20. The van der Waals surface area contributed by atoms with Crippen LogP contribution in [0.4, 0.5) is 0 Å². The van der Waals surface area contributed by atoms with Crippen molar-refractivity contribution in [2.24, 2.45) is 0 Å². The van der Waals surface area contributed by atoms with E-state index in [4.69, 9.17) is 18.6 Å². The van der Waals surface area contributed by atoms with Gasteiger partial charge in [-0.2, -0.15) is 0 Å². The number of aryl methyl sites for hydroxylation is 1. The summed E-state index contributed by atoms with van der Waals surface area (Å²) in [5.41, 5.74) is 2.35. The van der Waals surface area contributed by atoms with E-state index in [9.17, 15) is 9.59 Å². The Morgan fingerprint density at radius 3 is 2.41 bits per heavy atom. The standard InChI is InChI=1S/C28H24O6/c1-4-18-10-13-22-21(16-18)26(30)28(27(33-22)20-8-6-5-7-9-20)34-25(29)15-12-19-11-14-23(31-2)24(17-19)32-3/h5-17H,4H2,1-3H3. The number of esters is 1. The lowest BCUT2D eigenvalue weighted by atomic mass is 10.1. The summed E-state index contributed by atoms with van der Waals surface area (Å²) in [6, 6.07) is 19.8. The molecular weight excluding hydrogens is 432 g/mol. The Kier molecular flexibility index (Phi) is 6.78. The monoisotopic (exact) mass is 456 g/mol. The lowest BCUT2D eigenvalue weighted by Crippen LogP contribution is -2.14. The molecule has 0 N–H and O–H groups in total. The van der Waals surface area contributed by atoms with Crippen molar-refractivity contribution in [2.75, 3.05) is 14.2 Å². The molecule has 0 unspecified atom stereocenters. The first-order valence-electron chi connectivity index (χ1n) is 10.8. The summed E-state index contributed by atoms with van der Waals surface area (Å²) in [6.07, 6.45) is 3.59. The normalized spacial score (nSPS) is 11.0. The first kappa shape index (κ1) is 22.9. The Hall–Kier alpha value is -4.32. The Labute approximate surface area is 197 Å². The highest BCUT2D eigenvalue weighted by atomic mass is 16.5. The van der Waals surface area contributed by atoms with Gasteiger partial charge in [0.1, 0.15) is 5.58 Å². The Bertz CT molecular complexity index is 1420. The Balaban J connectivity index is 1.72. The molecule has 1 heterocycles. The van der Waals surface area contributed by atoms with Crippen molar-refractivity contribution in [3.8, 4) is 28.6 Å². The second-order valence-corrected chi connectivity index (χ2v) is 7.51. The summed E-state index contributed by atoms with van der Waals surface area (Å²) in [5.74, 6) is 0.468. The second-order valence-electron chi connectivity index (χ2n) is 7.51. The van der Waals surface area contributed by atoms with Gasteiger partial charge in [0.05, 0.1) is 19.6 Å². The molecule has 0 spiro atoms. The lowest BCUT2D eigenvalue weighted by Gasteiger charge is -2.10. The zero-order chi connectivity index (χ0) is 24.1. The van der Waals surface area contributed by atoms with Gasteiger partial charge in [0, 0.05) is 11.6 Å². The molecule has 34 heavy (non-hydrogen) atoms. The van der Waals surface area contributed by atoms with Crippen LogP contribution in [-0.4, -0.2) is 20.2 Å². The predicted octanol–water partition coefficient (Wildman–Crippen LogP) is 5.66. The molecule has 3 aromatic carbocycles. The van der Waals surface area contributed by atoms with Crippen molar-refractivity contribution in [1.82, 2.24) is 0 Å². The minimum Gasteiger partial charge on any atom is -0.493 e. The van der Waals surface area contributed by atoms with Crippen molar-refractivity contribution in [2.45, 2.75) is 13.3 Å². The molecule has 6 nitrogen and oxygen atoms in total. The van der Waals surface area contributed by atoms with Gasteiger partial charge in [-0.3, -0.25) is 4.79 Å². The van der Waals surface area contributed by atoms with Gasteiger partial charge in [-0.15, -0.1) is 0 Å². The molecule has 4 rings (SSSR count). The van der Waals surface area contributed by atoms with E-state index >= 15 is 0 Å². The molecule has 4 aromatic rings. The zero-order valence-corrected chi connectivity index (χ0v) is 19.2. The second kappa shape index (κ2) is 10.1. The van der Waals surface area contributed by atoms with Crippen LogP contribution in [0.2, 0.25) is 0 Å². The number of hydrogen-bond donors (Lipinski definition) is 0. The first-order valence-corrected chi connectivity index (χ1v) is 10.8. The molecule has 1 aromatic heterocycles. The quantitative estimate of drug-likeness (QED) is 0.264. The number of hydrogen-bond acceptors (Lipinski definition) is 6. The molecule has 0 aliphatic heterocycles. The average Bonchev–Trinajstić information content (AvgIpc) is 2.89. The van der Waals surface area contributed by atoms with Crippen LogP contribution >= 0.6 is 0 Å². The van der Waals surface area contributed by atoms with Crippen LogP contribution in [0.1, 0.15) is 18.1 Å². The Morgan fingerprint density at radius 1 is 0.941 bits per heavy atom. The molecule has 172 valence electrons. The van der Waals surface area contributed by atoms with Crippen LogP contribution in [0.3, 0.4) is 0 Å². The van der Waals surface area contributed by atoms with Crippen molar-refractivity contribution in [3.63, 3.8) is 0 Å². The van der Waals surface area contributed by atoms with Gasteiger partial charge >= 0.3 is 5.97 Å². The fraction of sp³-hybridized carbons (Fsp3) is 0.143. The van der Waals surface area contributed by atoms with E-state index in [0.717, 1.165) is 12.0 Å². The third-order valence-corrected chi connectivity index (χ3v) is 5.38. The van der Waals surface area contributed by atoms with Crippen LogP contribution in [0.25, 0.3) is 28.4 Å². The summed E-state index contributed by atoms with van der Waals surface area (Å²) < 4.78 is 22.1. The minimum absolute atomic E-state index is 0.145. The lowest BCUT2D eigenvalue weighted by molar-refractivity contribution is -0.129. The van der Waals surface area contributed by atoms with Gasteiger partial charge in [0.2, 0.25) is 11.2 Å². The predicted molar refractivity (Wildman–Crippen MR) is 132 cm³/mol. The third-order valence-electron chi connectivity index (χ3n) is 5.38. The smallest absolute Gasteiger partial charge is 0.336 e. The number of methoxy groups -OCH3 is 2. The molecule has 0 aliphatic rings. The number of ether oxygens (including phenoxy) is 3. The van der Waals surface area contributed by atoms with E-state index in [1.54, 1.807) is 55.7 Å². The topological polar surface area (TPSA) is 75.0 Å². The van der Waals surface area contributed by atoms with Crippen LogP contribution < -0.4 is 19.6 Å². The number of fused-ring (bicyclic) bond motifs is 1. The highest BCUT2D eigenvalue weighted by Crippen LogP contribution is 2.32. The molecule has 0 fully saturated rings. The van der Waals surface area contributed by atoms with Crippen molar-refractivity contribution >= 4 is 23.0 Å². The molecule has 0 atom stereocenters. The maximum absolute atomic E-state index is 13.4. The largest absolute Gasteiger partial charge is 0.493 e. The van der Waals surface area contributed by atoms with Crippen molar-refractivity contribution in [1.29, 1.82) is 0 Å². The highest BCUT2D eigenvalue weighted by molar-refractivity contribution is 5.91. The number of rotatable bonds is 7. The van der Waals surface area contributed by atoms with Gasteiger partial charge < -0.3 is 18.6 Å². The van der Waals surface area contributed by atoms with Crippen molar-refractivity contribution in [3.05, 3.63) is 94.2 Å². The van der Waals surface area contributed by atoms with E-state index < -0.39 is 11.4 Å².